The lowest BCUT2D eigenvalue weighted by Crippen LogP contribution is -1.74. The molecule has 60 valence electrons. The minimum atomic E-state index is 0.583. The summed E-state index contributed by atoms with van der Waals surface area (Å²) >= 11 is 5.24. The van der Waals surface area contributed by atoms with Crippen LogP contribution in [-0.2, 0) is 4.74 Å². The Balaban J connectivity index is 0.000000162. The lowest BCUT2D eigenvalue weighted by molar-refractivity contribution is 0.198. The van der Waals surface area contributed by atoms with Gasteiger partial charge >= 0.3 is 0 Å². The number of allylic oxidation sites excluding steroid dienone is 1. The van der Waals surface area contributed by atoms with Gasteiger partial charge in [-0.2, -0.15) is 0 Å². The van der Waals surface area contributed by atoms with Crippen LogP contribution < -0.4 is 0 Å². The Morgan fingerprint density at radius 3 is 2.00 bits per heavy atom. The second-order valence-electron chi connectivity index (χ2n) is 2.41. The SMILES string of the molecule is C1CCOC1.C=C(C)CCl. The molecule has 0 bridgehead atoms. The number of ether oxygens (including phenoxy) is 1. The second kappa shape index (κ2) is 7.10. The molecule has 1 aliphatic heterocycles. The van der Waals surface area contributed by atoms with Crippen LogP contribution in [0, 0.1) is 0 Å². The van der Waals surface area contributed by atoms with Crippen LogP contribution >= 0.6 is 11.6 Å². The summed E-state index contributed by atoms with van der Waals surface area (Å²) in [5.41, 5.74) is 1.02. The molecule has 0 atom stereocenters. The smallest absolute Gasteiger partial charge is 0.0466 e. The average Bonchev–Trinajstić information content (AvgIpc) is 2.43. The molecule has 0 aliphatic carbocycles. The highest BCUT2D eigenvalue weighted by atomic mass is 35.5. The van der Waals surface area contributed by atoms with E-state index in [2.05, 4.69) is 6.58 Å². The van der Waals surface area contributed by atoms with Gasteiger partial charge in [0.05, 0.1) is 0 Å². The molecule has 1 rings (SSSR count). The fraction of sp³-hybridized carbons (Fsp3) is 0.750. The van der Waals surface area contributed by atoms with Crippen LogP contribution in [0.5, 0.6) is 0 Å². The molecule has 0 spiro atoms. The first-order chi connectivity index (χ1) is 4.77. The lowest BCUT2D eigenvalue weighted by atomic mass is 10.4. The van der Waals surface area contributed by atoms with E-state index in [1.807, 2.05) is 6.92 Å². The van der Waals surface area contributed by atoms with Crippen molar-refractivity contribution in [3.63, 3.8) is 0 Å². The molecule has 1 nitrogen and oxygen atoms in total. The molecular formula is C8H15ClO. The van der Waals surface area contributed by atoms with E-state index in [0.29, 0.717) is 5.88 Å². The molecule has 0 aromatic heterocycles. The Morgan fingerprint density at radius 2 is 1.90 bits per heavy atom. The number of rotatable bonds is 1. The third-order valence-electron chi connectivity index (χ3n) is 1.06. The van der Waals surface area contributed by atoms with Gasteiger partial charge in [-0.05, 0) is 19.8 Å². The molecule has 0 amide bonds. The molecule has 10 heavy (non-hydrogen) atoms. The van der Waals surface area contributed by atoms with Crippen LogP contribution in [-0.4, -0.2) is 19.1 Å². The molecule has 2 heteroatoms. The van der Waals surface area contributed by atoms with E-state index in [1.165, 1.54) is 12.8 Å². The molecule has 1 fully saturated rings. The fourth-order valence-electron chi connectivity index (χ4n) is 0.510. The number of hydrogen-bond donors (Lipinski definition) is 0. The average molecular weight is 163 g/mol. The van der Waals surface area contributed by atoms with Crippen molar-refractivity contribution in [1.29, 1.82) is 0 Å². The van der Waals surface area contributed by atoms with Crippen LogP contribution in [0.15, 0.2) is 12.2 Å². The predicted molar refractivity (Wildman–Crippen MR) is 45.6 cm³/mol. The van der Waals surface area contributed by atoms with Crippen LogP contribution in [0.4, 0.5) is 0 Å². The maximum absolute atomic E-state index is 5.24. The van der Waals surface area contributed by atoms with Gasteiger partial charge in [-0.25, -0.2) is 0 Å². The van der Waals surface area contributed by atoms with Gasteiger partial charge in [0.15, 0.2) is 0 Å². The Bertz CT molecular complexity index is 79.6. The highest BCUT2D eigenvalue weighted by Crippen LogP contribution is 1.98. The summed E-state index contributed by atoms with van der Waals surface area (Å²) in [4.78, 5) is 0. The zero-order valence-corrected chi connectivity index (χ0v) is 7.28. The zero-order valence-electron chi connectivity index (χ0n) is 6.53. The van der Waals surface area contributed by atoms with Crippen molar-refractivity contribution in [2.75, 3.05) is 19.1 Å². The Labute approximate surface area is 68.0 Å². The van der Waals surface area contributed by atoms with Crippen molar-refractivity contribution in [1.82, 2.24) is 0 Å². The van der Waals surface area contributed by atoms with E-state index in [1.54, 1.807) is 0 Å². The Hall–Kier alpha value is -0.0100. The summed E-state index contributed by atoms with van der Waals surface area (Å²) in [5, 5.41) is 0. The van der Waals surface area contributed by atoms with E-state index in [0.717, 1.165) is 18.8 Å². The van der Waals surface area contributed by atoms with Gasteiger partial charge < -0.3 is 4.74 Å². The summed E-state index contributed by atoms with van der Waals surface area (Å²) in [6.07, 6.45) is 2.56. The largest absolute Gasteiger partial charge is 0.381 e. The van der Waals surface area contributed by atoms with E-state index >= 15 is 0 Å². The summed E-state index contributed by atoms with van der Waals surface area (Å²) in [6.45, 7) is 7.44. The van der Waals surface area contributed by atoms with Crippen molar-refractivity contribution >= 4 is 11.6 Å². The molecule has 0 aromatic carbocycles. The van der Waals surface area contributed by atoms with Gasteiger partial charge in [-0.1, -0.05) is 12.2 Å². The number of hydrogen-bond acceptors (Lipinski definition) is 1. The molecule has 1 aliphatic rings. The monoisotopic (exact) mass is 162 g/mol. The first-order valence-electron chi connectivity index (χ1n) is 3.55. The van der Waals surface area contributed by atoms with Gasteiger partial charge in [0.25, 0.3) is 0 Å². The van der Waals surface area contributed by atoms with Crippen molar-refractivity contribution in [3.8, 4) is 0 Å². The second-order valence-corrected chi connectivity index (χ2v) is 2.68. The van der Waals surface area contributed by atoms with Gasteiger partial charge in [0, 0.05) is 19.1 Å². The Morgan fingerprint density at radius 1 is 1.50 bits per heavy atom. The van der Waals surface area contributed by atoms with Gasteiger partial charge in [0.1, 0.15) is 0 Å². The molecule has 0 aromatic rings. The molecule has 0 N–H and O–H groups in total. The molecular weight excluding hydrogens is 148 g/mol. The fourth-order valence-corrected chi connectivity index (χ4v) is 0.510. The van der Waals surface area contributed by atoms with Crippen LogP contribution in [0.1, 0.15) is 19.8 Å². The van der Waals surface area contributed by atoms with Crippen LogP contribution in [0.25, 0.3) is 0 Å². The first kappa shape index (κ1) is 9.99. The molecule has 0 unspecified atom stereocenters. The number of alkyl halides is 1. The highest BCUT2D eigenvalue weighted by Gasteiger charge is 1.94. The van der Waals surface area contributed by atoms with Crippen molar-refractivity contribution in [3.05, 3.63) is 12.2 Å². The molecule has 0 saturated carbocycles. The van der Waals surface area contributed by atoms with Crippen molar-refractivity contribution < 1.29 is 4.74 Å². The molecule has 1 heterocycles. The molecule has 1 saturated heterocycles. The summed E-state index contributed by atoms with van der Waals surface area (Å²) in [6, 6.07) is 0. The third-order valence-corrected chi connectivity index (χ3v) is 1.51. The van der Waals surface area contributed by atoms with Crippen LogP contribution in [0.3, 0.4) is 0 Å². The van der Waals surface area contributed by atoms with E-state index in [-0.39, 0.29) is 0 Å². The predicted octanol–water partition coefficient (Wildman–Crippen LogP) is 2.60. The summed E-state index contributed by atoms with van der Waals surface area (Å²) in [5.74, 6) is 0.583. The standard InChI is InChI=1S/C4H7Cl.C4H8O/c1-4(2)3-5;1-2-4-5-3-1/h1,3H2,2H3;1-4H2. The topological polar surface area (TPSA) is 9.23 Å². The first-order valence-corrected chi connectivity index (χ1v) is 4.09. The van der Waals surface area contributed by atoms with E-state index in [4.69, 9.17) is 16.3 Å². The zero-order chi connectivity index (χ0) is 7.82. The van der Waals surface area contributed by atoms with E-state index < -0.39 is 0 Å². The quantitative estimate of drug-likeness (QED) is 0.426. The van der Waals surface area contributed by atoms with Crippen molar-refractivity contribution in [2.45, 2.75) is 19.8 Å². The maximum Gasteiger partial charge on any atom is 0.0466 e. The van der Waals surface area contributed by atoms with Crippen LogP contribution in [0.2, 0.25) is 0 Å². The minimum absolute atomic E-state index is 0.583. The third kappa shape index (κ3) is 7.99. The number of halogens is 1. The molecule has 0 radical (unpaired) electrons. The van der Waals surface area contributed by atoms with Gasteiger partial charge in [0.2, 0.25) is 0 Å². The summed E-state index contributed by atoms with van der Waals surface area (Å²) < 4.78 is 4.94. The maximum atomic E-state index is 5.24. The van der Waals surface area contributed by atoms with Gasteiger partial charge in [-0.15, -0.1) is 11.6 Å². The summed E-state index contributed by atoms with van der Waals surface area (Å²) in [7, 11) is 0. The van der Waals surface area contributed by atoms with E-state index in [9.17, 15) is 0 Å². The highest BCUT2D eigenvalue weighted by molar-refractivity contribution is 6.19. The minimum Gasteiger partial charge on any atom is -0.381 e. The van der Waals surface area contributed by atoms with Crippen molar-refractivity contribution in [2.24, 2.45) is 0 Å². The normalized spacial score (nSPS) is 15.8. The lowest BCUT2D eigenvalue weighted by Gasteiger charge is -1.77. The van der Waals surface area contributed by atoms with Gasteiger partial charge in [-0.3, -0.25) is 0 Å². The Kier molecular flexibility index (Phi) is 7.09.